The summed E-state index contributed by atoms with van der Waals surface area (Å²) in [4.78, 5) is 0. The standard InChI is InChI=1S/C2H3N.Cu.F6P/c1-2-3;;1-7(2,3,4,5)6/h1H3;;/q;+1;-1. The van der Waals surface area contributed by atoms with Crippen molar-refractivity contribution in [3.63, 3.8) is 0 Å². The SMILES string of the molecule is CC#N.F[P-](F)(F)(F)(F)F.[Cu+]. The predicted octanol–water partition coefficient (Wildman–Crippen LogP) is 3.91. The number of hydrogen-bond donors (Lipinski definition) is 0. The van der Waals surface area contributed by atoms with Gasteiger partial charge in [0.15, 0.2) is 0 Å². The Hall–Kier alpha value is 0.0195. The van der Waals surface area contributed by atoms with Crippen LogP contribution < -0.4 is 0 Å². The Labute approximate surface area is 69.1 Å². The summed E-state index contributed by atoms with van der Waals surface area (Å²) in [5, 5.41) is 7.32. The Morgan fingerprint density at radius 2 is 1.00 bits per heavy atom. The normalized spacial score (nSPS) is 15.5. The topological polar surface area (TPSA) is 23.8 Å². The number of rotatable bonds is 0. The van der Waals surface area contributed by atoms with Gasteiger partial charge in [-0.1, -0.05) is 0 Å². The Balaban J connectivity index is -0.000000140. The first-order chi connectivity index (χ1) is 3.86. The minimum Gasteiger partial charge on any atom is 1.00 e. The summed E-state index contributed by atoms with van der Waals surface area (Å²) in [6, 6.07) is 1.75. The number of nitrogens with zero attached hydrogens (tertiary/aromatic N) is 1. The Kier molecular flexibility index (Phi) is 4.97. The molecule has 0 aliphatic rings. The van der Waals surface area contributed by atoms with Gasteiger partial charge in [-0.2, -0.15) is 5.26 Å². The van der Waals surface area contributed by atoms with E-state index >= 15 is 0 Å². The van der Waals surface area contributed by atoms with Gasteiger partial charge in [0.1, 0.15) is 0 Å². The van der Waals surface area contributed by atoms with Gasteiger partial charge in [0.05, 0.1) is 6.07 Å². The smallest absolute Gasteiger partial charge is 1.00 e. The van der Waals surface area contributed by atoms with Crippen LogP contribution in [0.4, 0.5) is 25.2 Å². The molecule has 9 heteroatoms. The maximum absolute atomic E-state index is 10.7. The molecule has 0 amide bonds. The van der Waals surface area contributed by atoms with Crippen LogP contribution in [0.2, 0.25) is 0 Å². The third-order valence-corrected chi connectivity index (χ3v) is 0. The summed E-state index contributed by atoms with van der Waals surface area (Å²) >= 11 is 0. The molecule has 0 saturated carbocycles. The molecular formula is C2H3CuF6NP. The van der Waals surface area contributed by atoms with E-state index < -0.39 is 7.81 Å². The molecule has 0 rings (SSSR count). The molecular weight excluding hydrogens is 247 g/mol. The number of nitriles is 1. The first kappa shape index (κ1) is 17.2. The van der Waals surface area contributed by atoms with Gasteiger partial charge in [0.2, 0.25) is 0 Å². The average molecular weight is 250 g/mol. The second-order valence-corrected chi connectivity index (χ2v) is 3.10. The molecule has 0 aliphatic heterocycles. The van der Waals surface area contributed by atoms with E-state index in [-0.39, 0.29) is 17.1 Å². The zero-order chi connectivity index (χ0) is 9.12. The Bertz CT molecular complexity index is 137. The summed E-state index contributed by atoms with van der Waals surface area (Å²) < 4.78 is 59.2. The Morgan fingerprint density at radius 3 is 1.00 bits per heavy atom. The van der Waals surface area contributed by atoms with Crippen molar-refractivity contribution in [2.45, 2.75) is 6.92 Å². The second-order valence-electron chi connectivity index (χ2n) is 1.18. The van der Waals surface area contributed by atoms with Crippen LogP contribution in [0.25, 0.3) is 0 Å². The molecule has 0 aromatic carbocycles. The van der Waals surface area contributed by atoms with Crippen LogP contribution in [-0.4, -0.2) is 0 Å². The summed E-state index contributed by atoms with van der Waals surface area (Å²) in [5.41, 5.74) is 0. The predicted molar refractivity (Wildman–Crippen MR) is 24.9 cm³/mol. The minimum absolute atomic E-state index is 0. The van der Waals surface area contributed by atoms with Gasteiger partial charge in [0.25, 0.3) is 0 Å². The van der Waals surface area contributed by atoms with Gasteiger partial charge in [-0.15, -0.1) is 0 Å². The van der Waals surface area contributed by atoms with Crippen LogP contribution in [0, 0.1) is 11.3 Å². The van der Waals surface area contributed by atoms with E-state index in [1.165, 1.54) is 6.92 Å². The van der Waals surface area contributed by atoms with Crippen molar-refractivity contribution >= 4 is 7.81 Å². The van der Waals surface area contributed by atoms with Crippen LogP contribution in [0.1, 0.15) is 6.92 Å². The molecule has 1 nitrogen and oxygen atoms in total. The summed E-state index contributed by atoms with van der Waals surface area (Å²) in [6.07, 6.45) is 0. The van der Waals surface area contributed by atoms with Gasteiger partial charge in [0, 0.05) is 6.92 Å². The van der Waals surface area contributed by atoms with E-state index in [0.29, 0.717) is 0 Å². The fourth-order valence-electron chi connectivity index (χ4n) is 0. The van der Waals surface area contributed by atoms with Crippen molar-refractivity contribution in [3.8, 4) is 6.07 Å². The van der Waals surface area contributed by atoms with Crippen LogP contribution in [-0.2, 0) is 17.1 Å². The molecule has 0 unspecified atom stereocenters. The van der Waals surface area contributed by atoms with Gasteiger partial charge < -0.3 is 0 Å². The van der Waals surface area contributed by atoms with Crippen LogP contribution in [0.3, 0.4) is 0 Å². The molecule has 0 N–H and O–H groups in total. The molecule has 0 heterocycles. The molecule has 0 fully saturated rings. The van der Waals surface area contributed by atoms with Crippen molar-refractivity contribution in [3.05, 3.63) is 0 Å². The fourth-order valence-corrected chi connectivity index (χ4v) is 0. The number of halogens is 6. The van der Waals surface area contributed by atoms with Crippen molar-refractivity contribution < 1.29 is 42.3 Å². The minimum atomic E-state index is -10.7. The molecule has 74 valence electrons. The molecule has 0 saturated heterocycles. The summed E-state index contributed by atoms with van der Waals surface area (Å²) in [6.45, 7) is 1.43. The molecule has 0 aromatic heterocycles. The van der Waals surface area contributed by atoms with Gasteiger partial charge in [-0.3, -0.25) is 0 Å². The van der Waals surface area contributed by atoms with E-state index in [0.717, 1.165) is 0 Å². The first-order valence-corrected chi connectivity index (χ1v) is 3.77. The average Bonchev–Trinajstić information content (AvgIpc) is 1.20. The molecule has 11 heavy (non-hydrogen) atoms. The van der Waals surface area contributed by atoms with E-state index in [2.05, 4.69) is 0 Å². The third kappa shape index (κ3) is 1700000. The maximum Gasteiger partial charge on any atom is 1.00 e. The van der Waals surface area contributed by atoms with Crippen LogP contribution in [0.5, 0.6) is 0 Å². The Morgan fingerprint density at radius 1 is 1.00 bits per heavy atom. The molecule has 0 radical (unpaired) electrons. The molecule has 0 spiro atoms. The van der Waals surface area contributed by atoms with Crippen molar-refractivity contribution in [2.75, 3.05) is 0 Å². The first-order valence-electron chi connectivity index (χ1n) is 1.74. The maximum atomic E-state index is 9.87. The van der Waals surface area contributed by atoms with E-state index in [1.54, 1.807) is 6.07 Å². The molecule has 0 atom stereocenters. The fraction of sp³-hybridized carbons (Fsp3) is 0.500. The van der Waals surface area contributed by atoms with Gasteiger partial charge >= 0.3 is 50.1 Å². The van der Waals surface area contributed by atoms with Crippen molar-refractivity contribution in [2.24, 2.45) is 0 Å². The van der Waals surface area contributed by atoms with Crippen molar-refractivity contribution in [1.29, 1.82) is 5.26 Å². The van der Waals surface area contributed by atoms with E-state index in [1.807, 2.05) is 0 Å². The molecule has 0 bridgehead atoms. The van der Waals surface area contributed by atoms with Crippen molar-refractivity contribution in [1.82, 2.24) is 0 Å². The second kappa shape index (κ2) is 3.18. The van der Waals surface area contributed by atoms with Crippen LogP contribution in [0.15, 0.2) is 0 Å². The monoisotopic (exact) mass is 249 g/mol. The van der Waals surface area contributed by atoms with E-state index in [4.69, 9.17) is 5.26 Å². The summed E-state index contributed by atoms with van der Waals surface area (Å²) in [5.74, 6) is 0. The van der Waals surface area contributed by atoms with Crippen LogP contribution >= 0.6 is 7.81 Å². The quantitative estimate of drug-likeness (QED) is 0.363. The molecule has 0 aliphatic carbocycles. The van der Waals surface area contributed by atoms with Gasteiger partial charge in [-0.05, 0) is 0 Å². The largest absolute Gasteiger partial charge is 1.00 e. The third-order valence-electron chi connectivity index (χ3n) is 0. The van der Waals surface area contributed by atoms with E-state index in [9.17, 15) is 25.2 Å². The number of hydrogen-bond acceptors (Lipinski definition) is 1. The van der Waals surface area contributed by atoms with Gasteiger partial charge in [-0.25, -0.2) is 0 Å². The molecule has 0 aromatic rings. The zero-order valence-electron chi connectivity index (χ0n) is 4.96. The zero-order valence-corrected chi connectivity index (χ0v) is 6.80. The summed E-state index contributed by atoms with van der Waals surface area (Å²) in [7, 11) is -10.7.